The average Bonchev–Trinajstić information content (AvgIpc) is 2.51. The lowest BCUT2D eigenvalue weighted by Gasteiger charge is -1.87. The zero-order valence-corrected chi connectivity index (χ0v) is 6.85. The molecule has 0 fully saturated rings. The summed E-state index contributed by atoms with van der Waals surface area (Å²) < 4.78 is 0. The zero-order valence-electron chi connectivity index (χ0n) is 6.85. The Morgan fingerprint density at radius 2 is 2.50 bits per heavy atom. The van der Waals surface area contributed by atoms with Crippen molar-refractivity contribution < 1.29 is 14.8 Å². The van der Waals surface area contributed by atoms with Crippen molar-refractivity contribution in [3.63, 3.8) is 0 Å². The SMILES string of the molecule is O=C(O)CC#Cc1nc[nH]c1[N+](=O)[O-]. The number of aromatic nitrogens is 2. The summed E-state index contributed by atoms with van der Waals surface area (Å²) in [7, 11) is 0. The minimum Gasteiger partial charge on any atom is -0.481 e. The summed E-state index contributed by atoms with van der Waals surface area (Å²) in [6.45, 7) is 0. The molecule has 0 aliphatic carbocycles. The van der Waals surface area contributed by atoms with Crippen molar-refractivity contribution >= 4 is 11.8 Å². The molecule has 0 saturated heterocycles. The lowest BCUT2D eigenvalue weighted by Crippen LogP contribution is -1.92. The number of rotatable bonds is 2. The fourth-order valence-corrected chi connectivity index (χ4v) is 0.722. The monoisotopic (exact) mass is 195 g/mol. The topological polar surface area (TPSA) is 109 Å². The highest BCUT2D eigenvalue weighted by atomic mass is 16.6. The minimum atomic E-state index is -1.09. The molecule has 0 spiro atoms. The number of aliphatic carboxylic acids is 1. The first kappa shape index (κ1) is 9.73. The fraction of sp³-hybridized carbons (Fsp3) is 0.143. The highest BCUT2D eigenvalue weighted by molar-refractivity contribution is 5.70. The number of hydrogen-bond donors (Lipinski definition) is 2. The molecule has 14 heavy (non-hydrogen) atoms. The van der Waals surface area contributed by atoms with E-state index in [0.717, 1.165) is 6.33 Å². The molecular weight excluding hydrogens is 190 g/mol. The van der Waals surface area contributed by atoms with Crippen molar-refractivity contribution in [1.29, 1.82) is 0 Å². The number of nitrogens with zero attached hydrogens (tertiary/aromatic N) is 2. The normalized spacial score (nSPS) is 8.86. The van der Waals surface area contributed by atoms with Gasteiger partial charge in [0.05, 0.1) is 0 Å². The molecule has 1 aromatic heterocycles. The number of aromatic amines is 1. The maximum atomic E-state index is 10.3. The van der Waals surface area contributed by atoms with E-state index < -0.39 is 10.9 Å². The summed E-state index contributed by atoms with van der Waals surface area (Å²) in [5.74, 6) is 3.12. The molecule has 0 aliphatic heterocycles. The van der Waals surface area contributed by atoms with E-state index in [-0.39, 0.29) is 17.9 Å². The van der Waals surface area contributed by atoms with Gasteiger partial charge in [0.2, 0.25) is 5.69 Å². The predicted molar refractivity (Wildman–Crippen MR) is 44.4 cm³/mol. The second kappa shape index (κ2) is 4.04. The van der Waals surface area contributed by atoms with Crippen molar-refractivity contribution in [2.75, 3.05) is 0 Å². The van der Waals surface area contributed by atoms with Crippen LogP contribution in [0.5, 0.6) is 0 Å². The van der Waals surface area contributed by atoms with Crippen LogP contribution in [0.15, 0.2) is 6.33 Å². The molecule has 1 aromatic rings. The van der Waals surface area contributed by atoms with E-state index in [2.05, 4.69) is 21.8 Å². The van der Waals surface area contributed by atoms with Crippen LogP contribution in [0.2, 0.25) is 0 Å². The summed E-state index contributed by atoms with van der Waals surface area (Å²) in [4.78, 5) is 25.6. The average molecular weight is 195 g/mol. The number of hydrogen-bond acceptors (Lipinski definition) is 4. The van der Waals surface area contributed by atoms with Crippen molar-refractivity contribution in [2.24, 2.45) is 0 Å². The Kier molecular flexibility index (Phi) is 2.81. The van der Waals surface area contributed by atoms with Gasteiger partial charge < -0.3 is 15.2 Å². The van der Waals surface area contributed by atoms with Gasteiger partial charge in [-0.1, -0.05) is 5.92 Å². The molecule has 0 aromatic carbocycles. The van der Waals surface area contributed by atoms with Gasteiger partial charge in [0.25, 0.3) is 0 Å². The Hall–Kier alpha value is -2.36. The predicted octanol–water partition coefficient (Wildman–Crippen LogP) is 0.144. The molecule has 0 amide bonds. The van der Waals surface area contributed by atoms with E-state index in [1.54, 1.807) is 0 Å². The van der Waals surface area contributed by atoms with Gasteiger partial charge in [-0.15, -0.1) is 0 Å². The van der Waals surface area contributed by atoms with Crippen LogP contribution < -0.4 is 0 Å². The van der Waals surface area contributed by atoms with Gasteiger partial charge in [-0.2, -0.15) is 4.98 Å². The van der Waals surface area contributed by atoms with Crippen LogP contribution in [0, 0.1) is 22.0 Å². The van der Waals surface area contributed by atoms with Gasteiger partial charge in [0.15, 0.2) is 6.33 Å². The molecule has 0 aliphatic rings. The van der Waals surface area contributed by atoms with E-state index >= 15 is 0 Å². The third kappa shape index (κ3) is 2.31. The number of nitro groups is 1. The van der Waals surface area contributed by atoms with Crippen molar-refractivity contribution in [3.8, 4) is 11.8 Å². The molecule has 0 unspecified atom stereocenters. The summed E-state index contributed by atoms with van der Waals surface area (Å²) in [5, 5.41) is 18.6. The number of H-pyrrole nitrogens is 1. The standard InChI is InChI=1S/C7H5N3O4/c11-6(12)3-1-2-5-7(10(13)14)9-4-8-5/h4H,3H2,(H,8,9)(H,11,12). The minimum absolute atomic E-state index is 0.0590. The maximum Gasteiger partial charge on any atom is 0.356 e. The van der Waals surface area contributed by atoms with Gasteiger partial charge in [0.1, 0.15) is 6.42 Å². The second-order valence-corrected chi connectivity index (χ2v) is 2.23. The van der Waals surface area contributed by atoms with Gasteiger partial charge in [-0.05, 0) is 10.8 Å². The molecule has 0 bridgehead atoms. The van der Waals surface area contributed by atoms with E-state index in [0.29, 0.717) is 0 Å². The third-order valence-electron chi connectivity index (χ3n) is 1.25. The molecule has 72 valence electrons. The summed E-state index contributed by atoms with van der Waals surface area (Å²) >= 11 is 0. The second-order valence-electron chi connectivity index (χ2n) is 2.23. The van der Waals surface area contributed by atoms with Crippen LogP contribution in [0.3, 0.4) is 0 Å². The molecule has 0 atom stereocenters. The fourth-order valence-electron chi connectivity index (χ4n) is 0.722. The van der Waals surface area contributed by atoms with Crippen LogP contribution >= 0.6 is 0 Å². The molecule has 7 nitrogen and oxygen atoms in total. The number of nitrogens with one attached hydrogen (secondary N) is 1. The molecule has 0 radical (unpaired) electrons. The quantitative estimate of drug-likeness (QED) is 0.396. The van der Waals surface area contributed by atoms with Crippen LogP contribution in [0.25, 0.3) is 0 Å². The van der Waals surface area contributed by atoms with Crippen molar-refractivity contribution in [1.82, 2.24) is 9.97 Å². The van der Waals surface area contributed by atoms with Crippen LogP contribution in [0.1, 0.15) is 12.1 Å². The highest BCUT2D eigenvalue weighted by Gasteiger charge is 2.12. The maximum absolute atomic E-state index is 10.3. The number of carbonyl (C=O) groups is 1. The van der Waals surface area contributed by atoms with Crippen LogP contribution in [-0.2, 0) is 4.79 Å². The Bertz CT molecular complexity index is 426. The lowest BCUT2D eigenvalue weighted by atomic mass is 10.4. The largest absolute Gasteiger partial charge is 0.481 e. The first-order chi connectivity index (χ1) is 6.61. The summed E-state index contributed by atoms with van der Waals surface area (Å²) in [6.07, 6.45) is 0.757. The van der Waals surface area contributed by atoms with Gasteiger partial charge in [0, 0.05) is 0 Å². The van der Waals surface area contributed by atoms with E-state index in [9.17, 15) is 14.9 Å². The Balaban J connectivity index is 2.84. The van der Waals surface area contributed by atoms with E-state index in [4.69, 9.17) is 5.11 Å². The highest BCUT2D eigenvalue weighted by Crippen LogP contribution is 2.09. The molecule has 2 N–H and O–H groups in total. The number of imidazole rings is 1. The van der Waals surface area contributed by atoms with Gasteiger partial charge in [-0.3, -0.25) is 4.79 Å². The molecule has 1 heterocycles. The third-order valence-corrected chi connectivity index (χ3v) is 1.25. The lowest BCUT2D eigenvalue weighted by molar-refractivity contribution is -0.389. The first-order valence-electron chi connectivity index (χ1n) is 3.49. The van der Waals surface area contributed by atoms with E-state index in [1.165, 1.54) is 0 Å². The number of carboxylic acid groups (broad SMARTS) is 1. The molecule has 0 saturated carbocycles. The molecule has 7 heteroatoms. The van der Waals surface area contributed by atoms with Crippen LogP contribution in [-0.4, -0.2) is 26.0 Å². The Morgan fingerprint density at radius 1 is 1.79 bits per heavy atom. The van der Waals surface area contributed by atoms with Crippen LogP contribution in [0.4, 0.5) is 5.82 Å². The Labute approximate surface area is 77.9 Å². The first-order valence-corrected chi connectivity index (χ1v) is 3.49. The summed E-state index contributed by atoms with van der Waals surface area (Å²) in [6, 6.07) is 0. The van der Waals surface area contributed by atoms with Gasteiger partial charge >= 0.3 is 11.8 Å². The smallest absolute Gasteiger partial charge is 0.356 e. The van der Waals surface area contributed by atoms with Crippen molar-refractivity contribution in [3.05, 3.63) is 22.1 Å². The number of carboxylic acids is 1. The molecule has 1 rings (SSSR count). The summed E-state index contributed by atoms with van der Waals surface area (Å²) in [5.41, 5.74) is -0.0590. The Morgan fingerprint density at radius 3 is 3.07 bits per heavy atom. The van der Waals surface area contributed by atoms with E-state index in [1.807, 2.05) is 0 Å². The van der Waals surface area contributed by atoms with Crippen molar-refractivity contribution in [2.45, 2.75) is 6.42 Å². The zero-order chi connectivity index (χ0) is 10.6. The molecular formula is C7H5N3O4. The van der Waals surface area contributed by atoms with Gasteiger partial charge in [-0.25, -0.2) is 4.98 Å².